The minimum absolute atomic E-state index is 0.00526. The number of halogens is 1. The van der Waals surface area contributed by atoms with Gasteiger partial charge in [0.25, 0.3) is 0 Å². The van der Waals surface area contributed by atoms with Crippen molar-refractivity contribution in [1.82, 2.24) is 9.55 Å². The number of nitrogens with zero attached hydrogens (tertiary/aromatic N) is 2. The van der Waals surface area contributed by atoms with E-state index in [0.29, 0.717) is 0 Å². The maximum atomic E-state index is 10.8. The highest BCUT2D eigenvalue weighted by Gasteiger charge is 2.16. The van der Waals surface area contributed by atoms with E-state index < -0.39 is 5.97 Å². The van der Waals surface area contributed by atoms with Gasteiger partial charge >= 0.3 is 5.97 Å². The Morgan fingerprint density at radius 2 is 2.40 bits per heavy atom. The number of thioether (sulfide) groups is 1. The summed E-state index contributed by atoms with van der Waals surface area (Å²) in [6.45, 7) is 5.85. The van der Waals surface area contributed by atoms with E-state index in [0.717, 1.165) is 27.1 Å². The van der Waals surface area contributed by atoms with Crippen LogP contribution in [0.3, 0.4) is 0 Å². The predicted molar refractivity (Wildman–Crippen MR) is 85.3 cm³/mol. The molecule has 0 bridgehead atoms. The van der Waals surface area contributed by atoms with Gasteiger partial charge in [-0.25, -0.2) is 4.98 Å². The van der Waals surface area contributed by atoms with E-state index in [9.17, 15) is 4.79 Å². The molecule has 0 aliphatic rings. The van der Waals surface area contributed by atoms with Gasteiger partial charge in [-0.05, 0) is 31.5 Å². The molecule has 0 amide bonds. The van der Waals surface area contributed by atoms with Gasteiger partial charge in [-0.15, -0.1) is 6.58 Å². The molecule has 1 heterocycles. The molecular formula is C14H15BrN2O2S. The van der Waals surface area contributed by atoms with Gasteiger partial charge in [0.2, 0.25) is 0 Å². The molecule has 0 saturated carbocycles. The summed E-state index contributed by atoms with van der Waals surface area (Å²) in [4.78, 5) is 15.3. The summed E-state index contributed by atoms with van der Waals surface area (Å²) in [5, 5.41) is 9.58. The van der Waals surface area contributed by atoms with Gasteiger partial charge < -0.3 is 9.67 Å². The standard InChI is InChI=1S/C14H15BrN2O2S/c1-3-4-9(2)17-12-6-5-10(15)7-11(12)16-14(17)20-8-13(18)19/h3,5-7,9H,1,4,8H2,2H3,(H,18,19). The number of benzene rings is 1. The second-order valence-corrected chi connectivity index (χ2v) is 6.31. The van der Waals surface area contributed by atoms with Gasteiger partial charge in [0.1, 0.15) is 0 Å². The molecule has 0 saturated heterocycles. The lowest BCUT2D eigenvalue weighted by molar-refractivity contribution is -0.133. The molecule has 6 heteroatoms. The summed E-state index contributed by atoms with van der Waals surface area (Å²) in [5.74, 6) is -0.836. The van der Waals surface area contributed by atoms with Crippen molar-refractivity contribution in [3.63, 3.8) is 0 Å². The number of rotatable bonds is 6. The highest BCUT2D eigenvalue weighted by molar-refractivity contribution is 9.10. The summed E-state index contributed by atoms with van der Waals surface area (Å²) < 4.78 is 3.04. The van der Waals surface area contributed by atoms with Crippen molar-refractivity contribution in [2.45, 2.75) is 24.5 Å². The molecule has 20 heavy (non-hydrogen) atoms. The van der Waals surface area contributed by atoms with Crippen molar-refractivity contribution >= 4 is 44.7 Å². The van der Waals surface area contributed by atoms with Crippen molar-refractivity contribution < 1.29 is 9.90 Å². The fourth-order valence-electron chi connectivity index (χ4n) is 2.05. The van der Waals surface area contributed by atoms with Crippen molar-refractivity contribution in [2.75, 3.05) is 5.75 Å². The summed E-state index contributed by atoms with van der Waals surface area (Å²) in [6, 6.07) is 6.09. The van der Waals surface area contributed by atoms with Crippen molar-refractivity contribution in [3.05, 3.63) is 35.3 Å². The molecule has 1 N–H and O–H groups in total. The molecule has 0 aliphatic carbocycles. The molecular weight excluding hydrogens is 340 g/mol. The molecule has 0 aliphatic heterocycles. The summed E-state index contributed by atoms with van der Waals surface area (Å²) in [5.41, 5.74) is 1.87. The number of aromatic nitrogens is 2. The first-order valence-corrected chi connectivity index (χ1v) is 7.93. The summed E-state index contributed by atoms with van der Waals surface area (Å²) in [6.07, 6.45) is 2.67. The molecule has 2 rings (SSSR count). The van der Waals surface area contributed by atoms with Crippen LogP contribution in [-0.2, 0) is 4.79 Å². The number of aliphatic carboxylic acids is 1. The van der Waals surface area contributed by atoms with Crippen molar-refractivity contribution in [2.24, 2.45) is 0 Å². The second-order valence-electron chi connectivity index (χ2n) is 4.45. The second kappa shape index (κ2) is 6.45. The third-order valence-corrected chi connectivity index (χ3v) is 4.32. The van der Waals surface area contributed by atoms with E-state index in [-0.39, 0.29) is 11.8 Å². The fourth-order valence-corrected chi connectivity index (χ4v) is 3.23. The highest BCUT2D eigenvalue weighted by atomic mass is 79.9. The zero-order valence-electron chi connectivity index (χ0n) is 11.0. The van der Waals surface area contributed by atoms with Crippen LogP contribution in [0.1, 0.15) is 19.4 Å². The molecule has 0 radical (unpaired) electrons. The Labute approximate surface area is 130 Å². The molecule has 4 nitrogen and oxygen atoms in total. The number of hydrogen-bond donors (Lipinski definition) is 1. The Balaban J connectivity index is 2.49. The van der Waals surface area contributed by atoms with Crippen LogP contribution in [0.4, 0.5) is 0 Å². The van der Waals surface area contributed by atoms with Gasteiger partial charge in [-0.3, -0.25) is 4.79 Å². The van der Waals surface area contributed by atoms with Crippen LogP contribution < -0.4 is 0 Å². The quantitative estimate of drug-likeness (QED) is 0.626. The van der Waals surface area contributed by atoms with E-state index in [4.69, 9.17) is 5.11 Å². The van der Waals surface area contributed by atoms with Gasteiger partial charge in [0.05, 0.1) is 16.8 Å². The van der Waals surface area contributed by atoms with Crippen LogP contribution in [0.2, 0.25) is 0 Å². The monoisotopic (exact) mass is 354 g/mol. The largest absolute Gasteiger partial charge is 0.481 e. The van der Waals surface area contributed by atoms with E-state index in [1.807, 2.05) is 24.3 Å². The normalized spacial score (nSPS) is 12.5. The van der Waals surface area contributed by atoms with Gasteiger partial charge in [-0.2, -0.15) is 0 Å². The Kier molecular flexibility index (Phi) is 4.88. The third kappa shape index (κ3) is 3.24. The van der Waals surface area contributed by atoms with Gasteiger partial charge in [-0.1, -0.05) is 33.8 Å². The smallest absolute Gasteiger partial charge is 0.313 e. The zero-order valence-corrected chi connectivity index (χ0v) is 13.4. The molecule has 1 aromatic carbocycles. The fraction of sp³-hybridized carbons (Fsp3) is 0.286. The number of fused-ring (bicyclic) bond motifs is 1. The SMILES string of the molecule is C=CCC(C)n1c(SCC(=O)O)nc2cc(Br)ccc21. The van der Waals surface area contributed by atoms with E-state index in [1.165, 1.54) is 11.8 Å². The van der Waals surface area contributed by atoms with Crippen LogP contribution in [0.5, 0.6) is 0 Å². The lowest BCUT2D eigenvalue weighted by atomic mass is 10.2. The van der Waals surface area contributed by atoms with Crippen LogP contribution in [0.15, 0.2) is 40.5 Å². The van der Waals surface area contributed by atoms with E-state index >= 15 is 0 Å². The predicted octanol–water partition coefficient (Wildman–Crippen LogP) is 4.11. The summed E-state index contributed by atoms with van der Waals surface area (Å²) >= 11 is 4.67. The van der Waals surface area contributed by atoms with Crippen LogP contribution >= 0.6 is 27.7 Å². The first-order valence-electron chi connectivity index (χ1n) is 6.16. The first kappa shape index (κ1) is 15.1. The van der Waals surface area contributed by atoms with Crippen LogP contribution in [-0.4, -0.2) is 26.4 Å². The van der Waals surface area contributed by atoms with E-state index in [1.54, 1.807) is 0 Å². The zero-order chi connectivity index (χ0) is 14.7. The van der Waals surface area contributed by atoms with Crippen LogP contribution in [0, 0.1) is 0 Å². The first-order chi connectivity index (χ1) is 9.52. The molecule has 0 spiro atoms. The maximum Gasteiger partial charge on any atom is 0.313 e. The highest BCUT2D eigenvalue weighted by Crippen LogP contribution is 2.30. The number of carboxylic acids is 1. The number of carbonyl (C=O) groups is 1. The topological polar surface area (TPSA) is 55.1 Å². The van der Waals surface area contributed by atoms with Gasteiger partial charge in [0, 0.05) is 10.5 Å². The van der Waals surface area contributed by atoms with Crippen LogP contribution in [0.25, 0.3) is 11.0 Å². The molecule has 106 valence electrons. The van der Waals surface area contributed by atoms with E-state index in [2.05, 4.69) is 39.0 Å². The number of carboxylic acid groups (broad SMARTS) is 1. The maximum absolute atomic E-state index is 10.8. The minimum Gasteiger partial charge on any atom is -0.481 e. The Hall–Kier alpha value is -1.27. The Bertz CT molecular complexity index is 654. The lowest BCUT2D eigenvalue weighted by Crippen LogP contribution is -2.07. The van der Waals surface area contributed by atoms with Crippen molar-refractivity contribution in [3.8, 4) is 0 Å². The molecule has 1 atom stereocenters. The number of allylic oxidation sites excluding steroid dienone is 1. The van der Waals surface area contributed by atoms with Gasteiger partial charge in [0.15, 0.2) is 5.16 Å². The molecule has 1 unspecified atom stereocenters. The van der Waals surface area contributed by atoms with Crippen molar-refractivity contribution in [1.29, 1.82) is 0 Å². The minimum atomic E-state index is -0.842. The average Bonchev–Trinajstić information content (AvgIpc) is 2.74. The third-order valence-electron chi connectivity index (χ3n) is 2.89. The molecule has 0 fully saturated rings. The molecule has 1 aromatic heterocycles. The lowest BCUT2D eigenvalue weighted by Gasteiger charge is -2.15. The molecule has 2 aromatic rings. The number of imidazole rings is 1. The Morgan fingerprint density at radius 1 is 1.65 bits per heavy atom. The number of hydrogen-bond acceptors (Lipinski definition) is 3. The Morgan fingerprint density at radius 3 is 3.05 bits per heavy atom. The summed E-state index contributed by atoms with van der Waals surface area (Å²) in [7, 11) is 0. The average molecular weight is 355 g/mol.